The first-order valence-electron chi connectivity index (χ1n) is 6.20. The van der Waals surface area contributed by atoms with Gasteiger partial charge in [0, 0.05) is 20.9 Å². The molecule has 0 atom stereocenters. The summed E-state index contributed by atoms with van der Waals surface area (Å²) in [4.78, 5) is 15.9. The van der Waals surface area contributed by atoms with E-state index in [1.807, 2.05) is 18.2 Å². The smallest absolute Gasteiger partial charge is 0.250 e. The number of pyridine rings is 1. The second-order valence-electron chi connectivity index (χ2n) is 4.19. The molecule has 0 aliphatic rings. The van der Waals surface area contributed by atoms with Crippen LogP contribution >= 0.6 is 46.4 Å². The normalized spacial score (nSPS) is 10.5. The van der Waals surface area contributed by atoms with Gasteiger partial charge in [-0.15, -0.1) is 0 Å². The highest BCUT2D eigenvalue weighted by Crippen LogP contribution is 2.10. The highest BCUT2D eigenvalue weighted by Gasteiger charge is 2.02. The van der Waals surface area contributed by atoms with E-state index >= 15 is 0 Å². The molecule has 2 aromatic rings. The lowest BCUT2D eigenvalue weighted by Crippen LogP contribution is -2.33. The van der Waals surface area contributed by atoms with Gasteiger partial charge < -0.3 is 5.32 Å². The molecule has 0 saturated heterocycles. The van der Waals surface area contributed by atoms with Crippen LogP contribution in [0.15, 0.2) is 48.7 Å². The topological polar surface area (TPSA) is 54.0 Å². The minimum atomic E-state index is -0.321. The van der Waals surface area contributed by atoms with E-state index in [0.29, 0.717) is 10.8 Å². The zero-order valence-electron chi connectivity index (χ0n) is 11.2. The highest BCUT2D eigenvalue weighted by molar-refractivity contribution is 14.1. The van der Waals surface area contributed by atoms with Crippen LogP contribution < -0.4 is 10.6 Å². The Morgan fingerprint density at radius 3 is 2.59 bits per heavy atom. The van der Waals surface area contributed by atoms with Crippen molar-refractivity contribution < 1.29 is 4.79 Å². The summed E-state index contributed by atoms with van der Waals surface area (Å²) in [5, 5.41) is 6.23. The van der Waals surface area contributed by atoms with Crippen LogP contribution in [0.1, 0.15) is 5.56 Å². The first-order chi connectivity index (χ1) is 10.5. The summed E-state index contributed by atoms with van der Waals surface area (Å²) in [5.41, 5.74) is 0.873. The van der Waals surface area contributed by atoms with E-state index in [-0.39, 0.29) is 11.0 Å². The summed E-state index contributed by atoms with van der Waals surface area (Å²) >= 11 is 13.0. The molecular formula is C15H11ClIN3OS. The molecule has 0 aliphatic heterocycles. The van der Waals surface area contributed by atoms with Gasteiger partial charge in [0.1, 0.15) is 5.82 Å². The number of hydrogen-bond acceptors (Lipinski definition) is 3. The van der Waals surface area contributed by atoms with E-state index in [4.69, 9.17) is 23.8 Å². The number of thiocarbonyl (C=S) groups is 1. The standard InChI is InChI=1S/C15H11ClIN3OS/c16-11-4-1-10(2-5-11)3-8-14(21)20-15(22)19-13-7-6-12(17)9-18-13/h1-9H,(H2,18,19,20,21,22). The Balaban J connectivity index is 1.87. The number of hydrogen-bond donors (Lipinski definition) is 2. The number of aromatic nitrogens is 1. The maximum absolute atomic E-state index is 11.8. The van der Waals surface area contributed by atoms with Gasteiger partial charge in [0.05, 0.1) is 0 Å². The van der Waals surface area contributed by atoms with Crippen molar-refractivity contribution in [3.63, 3.8) is 0 Å². The fourth-order valence-corrected chi connectivity index (χ4v) is 2.15. The van der Waals surface area contributed by atoms with Crippen LogP contribution in [-0.2, 0) is 4.79 Å². The van der Waals surface area contributed by atoms with E-state index < -0.39 is 0 Å². The number of benzene rings is 1. The lowest BCUT2D eigenvalue weighted by Gasteiger charge is -2.07. The summed E-state index contributed by atoms with van der Waals surface area (Å²) in [6, 6.07) is 10.8. The van der Waals surface area contributed by atoms with Gasteiger partial charge in [0.2, 0.25) is 5.91 Å². The number of anilines is 1. The van der Waals surface area contributed by atoms with Crippen molar-refractivity contribution >= 4 is 69.3 Å². The molecule has 7 heteroatoms. The van der Waals surface area contributed by atoms with Gasteiger partial charge in [-0.3, -0.25) is 10.1 Å². The van der Waals surface area contributed by atoms with Crippen molar-refractivity contribution in [2.75, 3.05) is 5.32 Å². The van der Waals surface area contributed by atoms with Gasteiger partial charge in [-0.05, 0) is 70.7 Å². The SMILES string of the molecule is O=C(C=Cc1ccc(Cl)cc1)NC(=S)Nc1ccc(I)cn1. The molecule has 2 N–H and O–H groups in total. The number of amides is 1. The predicted octanol–water partition coefficient (Wildman–Crippen LogP) is 3.87. The molecule has 0 bridgehead atoms. The Kier molecular flexibility index (Phi) is 6.29. The largest absolute Gasteiger partial charge is 0.317 e. The molecule has 22 heavy (non-hydrogen) atoms. The number of rotatable bonds is 3. The number of nitrogens with one attached hydrogen (secondary N) is 2. The first-order valence-corrected chi connectivity index (χ1v) is 8.06. The van der Waals surface area contributed by atoms with Gasteiger partial charge in [0.15, 0.2) is 5.11 Å². The summed E-state index contributed by atoms with van der Waals surface area (Å²) in [6.07, 6.45) is 4.78. The Hall–Kier alpha value is -1.51. The van der Waals surface area contributed by atoms with Crippen molar-refractivity contribution in [3.8, 4) is 0 Å². The molecule has 1 amide bonds. The molecule has 0 fully saturated rings. The fraction of sp³-hybridized carbons (Fsp3) is 0. The Morgan fingerprint density at radius 1 is 1.23 bits per heavy atom. The van der Waals surface area contributed by atoms with Crippen LogP contribution in [0.5, 0.6) is 0 Å². The van der Waals surface area contributed by atoms with Crippen LogP contribution in [0.25, 0.3) is 6.08 Å². The van der Waals surface area contributed by atoms with E-state index in [1.54, 1.807) is 30.5 Å². The van der Waals surface area contributed by atoms with E-state index in [0.717, 1.165) is 9.13 Å². The molecule has 0 unspecified atom stereocenters. The van der Waals surface area contributed by atoms with Crippen molar-refractivity contribution in [2.24, 2.45) is 0 Å². The number of carbonyl (C=O) groups excluding carboxylic acids is 1. The third-order valence-electron chi connectivity index (χ3n) is 2.50. The van der Waals surface area contributed by atoms with Crippen molar-refractivity contribution in [1.82, 2.24) is 10.3 Å². The maximum Gasteiger partial charge on any atom is 0.250 e. The molecular weight excluding hydrogens is 433 g/mol. The highest BCUT2D eigenvalue weighted by atomic mass is 127. The zero-order chi connectivity index (χ0) is 15.9. The van der Waals surface area contributed by atoms with Gasteiger partial charge in [-0.25, -0.2) is 4.98 Å². The molecule has 1 aromatic carbocycles. The fourth-order valence-electron chi connectivity index (χ4n) is 1.50. The average molecular weight is 444 g/mol. The van der Waals surface area contributed by atoms with E-state index in [9.17, 15) is 4.79 Å². The molecule has 4 nitrogen and oxygen atoms in total. The Labute approximate surface area is 152 Å². The van der Waals surface area contributed by atoms with Gasteiger partial charge in [0.25, 0.3) is 0 Å². The van der Waals surface area contributed by atoms with Crippen molar-refractivity contribution in [1.29, 1.82) is 0 Å². The quantitative estimate of drug-likeness (QED) is 0.430. The summed E-state index contributed by atoms with van der Waals surface area (Å²) < 4.78 is 1.02. The molecule has 112 valence electrons. The van der Waals surface area contributed by atoms with Gasteiger partial charge in [-0.1, -0.05) is 23.7 Å². The molecule has 0 radical (unpaired) electrons. The van der Waals surface area contributed by atoms with Crippen molar-refractivity contribution in [2.45, 2.75) is 0 Å². The molecule has 0 saturated carbocycles. The number of carbonyl (C=O) groups is 1. The predicted molar refractivity (Wildman–Crippen MR) is 102 cm³/mol. The maximum atomic E-state index is 11.8. The summed E-state index contributed by atoms with van der Waals surface area (Å²) in [5.74, 6) is 0.255. The van der Waals surface area contributed by atoms with Gasteiger partial charge in [-0.2, -0.15) is 0 Å². The van der Waals surface area contributed by atoms with Gasteiger partial charge >= 0.3 is 0 Å². The molecule has 2 rings (SSSR count). The summed E-state index contributed by atoms with van der Waals surface area (Å²) in [7, 11) is 0. The van der Waals surface area contributed by atoms with E-state index in [1.165, 1.54) is 6.08 Å². The Bertz CT molecular complexity index is 702. The lowest BCUT2D eigenvalue weighted by molar-refractivity contribution is -0.115. The zero-order valence-corrected chi connectivity index (χ0v) is 14.9. The molecule has 1 heterocycles. The number of halogens is 2. The average Bonchev–Trinajstić information content (AvgIpc) is 2.49. The molecule has 0 spiro atoms. The third-order valence-corrected chi connectivity index (χ3v) is 3.60. The van der Waals surface area contributed by atoms with Crippen LogP contribution in [-0.4, -0.2) is 16.0 Å². The second kappa shape index (κ2) is 8.21. The van der Waals surface area contributed by atoms with Crippen LogP contribution in [0.4, 0.5) is 5.82 Å². The third kappa shape index (κ3) is 5.70. The van der Waals surface area contributed by atoms with Crippen LogP contribution in [0.2, 0.25) is 5.02 Å². The van der Waals surface area contributed by atoms with Crippen LogP contribution in [0, 0.1) is 3.57 Å². The van der Waals surface area contributed by atoms with E-state index in [2.05, 4.69) is 38.2 Å². The summed E-state index contributed by atoms with van der Waals surface area (Å²) in [6.45, 7) is 0. The minimum absolute atomic E-state index is 0.194. The number of nitrogens with zero attached hydrogens (tertiary/aromatic N) is 1. The molecule has 1 aromatic heterocycles. The monoisotopic (exact) mass is 443 g/mol. The second-order valence-corrected chi connectivity index (χ2v) is 6.28. The minimum Gasteiger partial charge on any atom is -0.317 e. The Morgan fingerprint density at radius 2 is 1.95 bits per heavy atom. The van der Waals surface area contributed by atoms with Crippen LogP contribution in [0.3, 0.4) is 0 Å². The van der Waals surface area contributed by atoms with Crippen molar-refractivity contribution in [3.05, 3.63) is 62.8 Å². The lowest BCUT2D eigenvalue weighted by atomic mass is 10.2. The molecule has 0 aliphatic carbocycles. The first kappa shape index (κ1) is 16.9.